The lowest BCUT2D eigenvalue weighted by Crippen LogP contribution is -2.33. The van der Waals surface area contributed by atoms with Crippen molar-refractivity contribution in [2.45, 2.75) is 30.6 Å². The van der Waals surface area contributed by atoms with E-state index in [1.807, 2.05) is 0 Å². The molecule has 5 heteroatoms. The zero-order valence-electron chi connectivity index (χ0n) is 13.3. The molecule has 1 saturated heterocycles. The number of benzene rings is 1. The van der Waals surface area contributed by atoms with Crippen molar-refractivity contribution in [2.75, 3.05) is 32.4 Å². The summed E-state index contributed by atoms with van der Waals surface area (Å²) in [5.74, 6) is 3.52. The summed E-state index contributed by atoms with van der Waals surface area (Å²) < 4.78 is 12.2. The highest BCUT2D eigenvalue weighted by Crippen LogP contribution is 2.15. The maximum Gasteiger partial charge on any atom is 0.252 e. The van der Waals surface area contributed by atoms with Gasteiger partial charge in [-0.3, -0.25) is 9.00 Å². The van der Waals surface area contributed by atoms with E-state index >= 15 is 0 Å². The van der Waals surface area contributed by atoms with Gasteiger partial charge >= 0.3 is 0 Å². The highest BCUT2D eigenvalue weighted by molar-refractivity contribution is 7.99. The van der Waals surface area contributed by atoms with Gasteiger partial charge < -0.3 is 10.2 Å². The minimum Gasteiger partial charge on any atom is -0.352 e. The largest absolute Gasteiger partial charge is 0.352 e. The van der Waals surface area contributed by atoms with E-state index in [1.54, 1.807) is 30.5 Å². The Morgan fingerprint density at radius 1 is 1.27 bits per heavy atom. The molecule has 0 saturated carbocycles. The van der Waals surface area contributed by atoms with Gasteiger partial charge in [0.25, 0.3) is 5.91 Å². The number of carbonyl (C=O) groups is 1. The lowest BCUT2D eigenvalue weighted by molar-refractivity contribution is 0.0948. The van der Waals surface area contributed by atoms with Crippen LogP contribution in [0.15, 0.2) is 29.2 Å². The van der Waals surface area contributed by atoms with Gasteiger partial charge in [0.15, 0.2) is 0 Å². The summed E-state index contributed by atoms with van der Waals surface area (Å²) in [6.07, 6.45) is 6.42. The summed E-state index contributed by atoms with van der Waals surface area (Å²) in [6, 6.07) is 7.01. The van der Waals surface area contributed by atoms with E-state index in [2.05, 4.69) is 16.1 Å². The number of piperidine rings is 1. The summed E-state index contributed by atoms with van der Waals surface area (Å²) in [4.78, 5) is 15.3. The first kappa shape index (κ1) is 17.0. The van der Waals surface area contributed by atoms with Crippen LogP contribution in [0.1, 0.15) is 36.0 Å². The van der Waals surface area contributed by atoms with Crippen molar-refractivity contribution in [3.05, 3.63) is 29.8 Å². The summed E-state index contributed by atoms with van der Waals surface area (Å²) in [7, 11) is -2.40. The van der Waals surface area contributed by atoms with E-state index in [0.717, 1.165) is 13.0 Å². The molecule has 1 unspecified atom stereocenters. The highest BCUT2D eigenvalue weighted by Gasteiger charge is 2.14. The van der Waals surface area contributed by atoms with E-state index < -0.39 is 9.52 Å². The Morgan fingerprint density at radius 3 is 2.64 bits per heavy atom. The quantitative estimate of drug-likeness (QED) is 0.644. The first-order valence-corrected chi connectivity index (χ1v) is 10.0. The summed E-state index contributed by atoms with van der Waals surface area (Å²) in [5, 5.41) is 2.93. The van der Waals surface area contributed by atoms with E-state index in [-0.39, 0.29) is 5.91 Å². The molecule has 0 radical (unpaired) electrons. The van der Waals surface area contributed by atoms with Crippen LogP contribution in [0.3, 0.4) is 0 Å². The first-order valence-electron chi connectivity index (χ1n) is 7.90. The molecule has 0 spiro atoms. The highest BCUT2D eigenvalue weighted by atomic mass is 32.2. The molecule has 1 fully saturated rings. The number of rotatable bonds is 6. The van der Waals surface area contributed by atoms with Crippen LogP contribution in [0, 0.1) is 0 Å². The van der Waals surface area contributed by atoms with Crippen molar-refractivity contribution < 1.29 is 9.00 Å². The standard InChI is InChI=1S/C17H26N2O2S/c1-22(2,21)16-10-5-4-9-15(16)17(20)18-11-8-14-19-12-6-3-7-13-19/h4-5,9-10H,1,3,6-8,11-14H2,2H3,(H,18,20). The monoisotopic (exact) mass is 322 g/mol. The first-order chi connectivity index (χ1) is 10.5. The second-order valence-corrected chi connectivity index (χ2v) is 8.46. The van der Waals surface area contributed by atoms with E-state index in [9.17, 15) is 9.00 Å². The van der Waals surface area contributed by atoms with Crippen molar-refractivity contribution in [1.29, 1.82) is 0 Å². The Morgan fingerprint density at radius 2 is 1.95 bits per heavy atom. The Bertz CT molecular complexity index is 605. The van der Waals surface area contributed by atoms with Crippen molar-refractivity contribution in [1.82, 2.24) is 10.2 Å². The molecule has 1 aliphatic heterocycles. The van der Waals surface area contributed by atoms with E-state index in [1.165, 1.54) is 32.4 Å². The molecule has 0 aliphatic carbocycles. The van der Waals surface area contributed by atoms with Crippen LogP contribution in [0.5, 0.6) is 0 Å². The number of hydrogen-bond acceptors (Lipinski definition) is 3. The normalized spacial score (nSPS) is 18.6. The fraction of sp³-hybridized carbons (Fsp3) is 0.529. The molecular formula is C17H26N2O2S. The van der Waals surface area contributed by atoms with Crippen molar-refractivity contribution in [2.24, 2.45) is 0 Å². The molecule has 1 atom stereocenters. The minimum atomic E-state index is -2.40. The van der Waals surface area contributed by atoms with Gasteiger partial charge in [0.05, 0.1) is 5.56 Å². The number of nitrogens with zero attached hydrogens (tertiary/aromatic N) is 1. The second-order valence-electron chi connectivity index (χ2n) is 6.01. The number of hydrogen-bond donors (Lipinski definition) is 1. The Hall–Kier alpha value is -1.33. The van der Waals surface area contributed by atoms with Gasteiger partial charge in [-0.05, 0) is 66.4 Å². The van der Waals surface area contributed by atoms with Crippen LogP contribution >= 0.6 is 0 Å². The van der Waals surface area contributed by atoms with Crippen LogP contribution in [0.25, 0.3) is 0 Å². The van der Waals surface area contributed by atoms with Crippen molar-refractivity contribution >= 4 is 21.3 Å². The van der Waals surface area contributed by atoms with Gasteiger partial charge in [-0.2, -0.15) is 0 Å². The molecule has 0 aromatic heterocycles. The predicted octanol–water partition coefficient (Wildman–Crippen LogP) is 2.00. The lowest BCUT2D eigenvalue weighted by atomic mass is 10.1. The summed E-state index contributed by atoms with van der Waals surface area (Å²) >= 11 is 0. The fourth-order valence-electron chi connectivity index (χ4n) is 2.81. The Kier molecular flexibility index (Phi) is 6.03. The molecule has 1 aromatic rings. The summed E-state index contributed by atoms with van der Waals surface area (Å²) in [6.45, 7) is 4.03. The molecule has 1 aromatic carbocycles. The molecule has 1 N–H and O–H groups in total. The van der Waals surface area contributed by atoms with Gasteiger partial charge in [-0.25, -0.2) is 0 Å². The third-order valence-electron chi connectivity index (χ3n) is 3.98. The van der Waals surface area contributed by atoms with Gasteiger partial charge in [0.2, 0.25) is 0 Å². The van der Waals surface area contributed by atoms with Crippen LogP contribution in [0.2, 0.25) is 0 Å². The summed E-state index contributed by atoms with van der Waals surface area (Å²) in [5.41, 5.74) is 0.475. The molecule has 22 heavy (non-hydrogen) atoms. The molecule has 122 valence electrons. The smallest absolute Gasteiger partial charge is 0.252 e. The minimum absolute atomic E-state index is 0.160. The van der Waals surface area contributed by atoms with Crippen LogP contribution in [0.4, 0.5) is 0 Å². The number of likely N-dealkylation sites (tertiary alicyclic amines) is 1. The van der Waals surface area contributed by atoms with Crippen LogP contribution < -0.4 is 5.32 Å². The molecule has 1 amide bonds. The van der Waals surface area contributed by atoms with E-state index in [4.69, 9.17) is 0 Å². The van der Waals surface area contributed by atoms with Gasteiger partial charge in [0.1, 0.15) is 0 Å². The lowest BCUT2D eigenvalue weighted by Gasteiger charge is -2.26. The van der Waals surface area contributed by atoms with E-state index in [0.29, 0.717) is 17.0 Å². The third-order valence-corrected chi connectivity index (χ3v) is 5.27. The SMILES string of the molecule is C=S(C)(=O)c1ccccc1C(=O)NCCCN1CCCCC1. The molecule has 4 nitrogen and oxygen atoms in total. The zero-order chi connectivity index (χ0) is 16.0. The molecule has 2 rings (SSSR count). The second kappa shape index (κ2) is 7.79. The van der Waals surface area contributed by atoms with Crippen molar-refractivity contribution in [3.8, 4) is 0 Å². The zero-order valence-corrected chi connectivity index (χ0v) is 14.2. The Balaban J connectivity index is 1.85. The molecular weight excluding hydrogens is 296 g/mol. The van der Waals surface area contributed by atoms with Gasteiger partial charge in [-0.1, -0.05) is 18.6 Å². The number of nitrogens with one attached hydrogen (secondary N) is 1. The van der Waals surface area contributed by atoms with Gasteiger partial charge in [-0.15, -0.1) is 0 Å². The fourth-order valence-corrected chi connectivity index (χ4v) is 3.81. The van der Waals surface area contributed by atoms with Crippen LogP contribution in [-0.2, 0) is 9.52 Å². The maximum atomic E-state index is 12.3. The average Bonchev–Trinajstić information content (AvgIpc) is 2.51. The number of carbonyl (C=O) groups excluding carboxylic acids is 1. The van der Waals surface area contributed by atoms with Crippen LogP contribution in [-0.4, -0.2) is 53.3 Å². The van der Waals surface area contributed by atoms with Gasteiger partial charge in [0, 0.05) is 17.7 Å². The number of amides is 1. The van der Waals surface area contributed by atoms with Crippen molar-refractivity contribution in [3.63, 3.8) is 0 Å². The third kappa shape index (κ3) is 4.85. The Labute approximate surface area is 133 Å². The average molecular weight is 322 g/mol. The molecule has 1 aliphatic rings. The maximum absolute atomic E-state index is 12.3. The molecule has 1 heterocycles. The predicted molar refractivity (Wildman–Crippen MR) is 93.1 cm³/mol. The molecule has 0 bridgehead atoms. The topological polar surface area (TPSA) is 49.4 Å².